The second-order valence-corrected chi connectivity index (χ2v) is 4.02. The standard InChI is InChI=1S/C12H15FN4/c1-17-7-12(15-8-17)11(16-14)6-9-3-2-4-10(13)5-9/h2-5,7-8,11,16H,6,14H2,1H3. The number of nitrogens with one attached hydrogen (secondary N) is 1. The molecular formula is C12H15FN4. The Hall–Kier alpha value is -1.72. The van der Waals surface area contributed by atoms with Gasteiger partial charge in [-0.3, -0.25) is 11.3 Å². The van der Waals surface area contributed by atoms with Gasteiger partial charge in [0.25, 0.3) is 0 Å². The van der Waals surface area contributed by atoms with Gasteiger partial charge in [0.05, 0.1) is 18.1 Å². The topological polar surface area (TPSA) is 55.9 Å². The van der Waals surface area contributed by atoms with E-state index in [9.17, 15) is 4.39 Å². The van der Waals surface area contributed by atoms with E-state index in [0.717, 1.165) is 11.3 Å². The molecule has 90 valence electrons. The third kappa shape index (κ3) is 2.89. The van der Waals surface area contributed by atoms with Crippen LogP contribution in [0, 0.1) is 5.82 Å². The van der Waals surface area contributed by atoms with Gasteiger partial charge in [-0.2, -0.15) is 0 Å². The molecule has 0 amide bonds. The summed E-state index contributed by atoms with van der Waals surface area (Å²) < 4.78 is 14.9. The van der Waals surface area contributed by atoms with Crippen molar-refractivity contribution >= 4 is 0 Å². The second-order valence-electron chi connectivity index (χ2n) is 4.02. The number of imidazole rings is 1. The maximum Gasteiger partial charge on any atom is 0.123 e. The maximum absolute atomic E-state index is 13.1. The zero-order chi connectivity index (χ0) is 12.3. The maximum atomic E-state index is 13.1. The Kier molecular flexibility index (Phi) is 3.51. The molecule has 1 heterocycles. The Morgan fingerprint density at radius 2 is 2.35 bits per heavy atom. The van der Waals surface area contributed by atoms with Gasteiger partial charge in [0, 0.05) is 13.2 Å². The van der Waals surface area contributed by atoms with Gasteiger partial charge in [0.1, 0.15) is 5.82 Å². The molecule has 0 saturated carbocycles. The summed E-state index contributed by atoms with van der Waals surface area (Å²) in [6, 6.07) is 6.38. The lowest BCUT2D eigenvalue weighted by Gasteiger charge is -2.13. The number of nitrogens with zero attached hydrogens (tertiary/aromatic N) is 2. The number of aromatic nitrogens is 2. The molecule has 0 radical (unpaired) electrons. The molecule has 0 aliphatic carbocycles. The number of hydrogen-bond acceptors (Lipinski definition) is 3. The highest BCUT2D eigenvalue weighted by Crippen LogP contribution is 2.16. The van der Waals surface area contributed by atoms with Gasteiger partial charge in [-0.05, 0) is 24.1 Å². The van der Waals surface area contributed by atoms with Crippen LogP contribution in [0.2, 0.25) is 0 Å². The summed E-state index contributed by atoms with van der Waals surface area (Å²) >= 11 is 0. The van der Waals surface area contributed by atoms with Crippen molar-refractivity contribution in [2.24, 2.45) is 12.9 Å². The van der Waals surface area contributed by atoms with E-state index in [1.54, 1.807) is 12.4 Å². The molecule has 17 heavy (non-hydrogen) atoms. The van der Waals surface area contributed by atoms with Gasteiger partial charge >= 0.3 is 0 Å². The van der Waals surface area contributed by atoms with Gasteiger partial charge in [-0.15, -0.1) is 0 Å². The fraction of sp³-hybridized carbons (Fsp3) is 0.250. The van der Waals surface area contributed by atoms with Crippen LogP contribution in [-0.2, 0) is 13.5 Å². The summed E-state index contributed by atoms with van der Waals surface area (Å²) in [5, 5.41) is 0. The van der Waals surface area contributed by atoms with E-state index in [1.807, 2.05) is 23.9 Å². The lowest BCUT2D eigenvalue weighted by Crippen LogP contribution is -2.29. The first kappa shape index (κ1) is 11.8. The normalized spacial score (nSPS) is 12.6. The SMILES string of the molecule is Cn1cnc(C(Cc2cccc(F)c2)NN)c1. The van der Waals surface area contributed by atoms with Crippen LogP contribution in [0.15, 0.2) is 36.8 Å². The van der Waals surface area contributed by atoms with Crippen LogP contribution in [0.3, 0.4) is 0 Å². The van der Waals surface area contributed by atoms with E-state index >= 15 is 0 Å². The van der Waals surface area contributed by atoms with Crippen molar-refractivity contribution in [1.82, 2.24) is 15.0 Å². The number of aryl methyl sites for hydroxylation is 1. The number of nitrogens with two attached hydrogens (primary N) is 1. The Morgan fingerprint density at radius 1 is 1.53 bits per heavy atom. The molecule has 1 unspecified atom stereocenters. The molecule has 0 saturated heterocycles. The van der Waals surface area contributed by atoms with Crippen LogP contribution in [0.25, 0.3) is 0 Å². The molecule has 2 aromatic rings. The molecular weight excluding hydrogens is 219 g/mol. The number of hydrazine groups is 1. The zero-order valence-electron chi connectivity index (χ0n) is 9.60. The van der Waals surface area contributed by atoms with Crippen LogP contribution < -0.4 is 11.3 Å². The highest BCUT2D eigenvalue weighted by molar-refractivity contribution is 5.19. The Balaban J connectivity index is 2.15. The molecule has 0 spiro atoms. The summed E-state index contributed by atoms with van der Waals surface area (Å²) in [6.07, 6.45) is 4.21. The molecule has 2 rings (SSSR count). The number of benzene rings is 1. The quantitative estimate of drug-likeness (QED) is 0.619. The van der Waals surface area contributed by atoms with Gasteiger partial charge in [0.15, 0.2) is 0 Å². The van der Waals surface area contributed by atoms with E-state index in [1.165, 1.54) is 12.1 Å². The average molecular weight is 234 g/mol. The molecule has 0 bridgehead atoms. The van der Waals surface area contributed by atoms with E-state index in [4.69, 9.17) is 5.84 Å². The molecule has 0 aliphatic heterocycles. The van der Waals surface area contributed by atoms with E-state index in [0.29, 0.717) is 6.42 Å². The van der Waals surface area contributed by atoms with Crippen molar-refractivity contribution in [1.29, 1.82) is 0 Å². The molecule has 4 nitrogen and oxygen atoms in total. The first-order valence-corrected chi connectivity index (χ1v) is 5.37. The lowest BCUT2D eigenvalue weighted by molar-refractivity contribution is 0.537. The summed E-state index contributed by atoms with van der Waals surface area (Å²) in [7, 11) is 1.90. The van der Waals surface area contributed by atoms with E-state index in [-0.39, 0.29) is 11.9 Å². The Morgan fingerprint density at radius 3 is 2.94 bits per heavy atom. The summed E-state index contributed by atoms with van der Waals surface area (Å²) in [6.45, 7) is 0. The minimum Gasteiger partial charge on any atom is -0.340 e. The fourth-order valence-electron chi connectivity index (χ4n) is 1.76. The molecule has 0 fully saturated rings. The zero-order valence-corrected chi connectivity index (χ0v) is 9.60. The number of hydrogen-bond donors (Lipinski definition) is 2. The fourth-order valence-corrected chi connectivity index (χ4v) is 1.76. The van der Waals surface area contributed by atoms with E-state index in [2.05, 4.69) is 10.4 Å². The Bertz CT molecular complexity index is 495. The first-order valence-electron chi connectivity index (χ1n) is 5.37. The predicted molar refractivity (Wildman–Crippen MR) is 63.4 cm³/mol. The van der Waals surface area contributed by atoms with Gasteiger partial charge in [-0.25, -0.2) is 9.37 Å². The smallest absolute Gasteiger partial charge is 0.123 e. The highest BCUT2D eigenvalue weighted by Gasteiger charge is 2.13. The summed E-state index contributed by atoms with van der Waals surface area (Å²) in [5.41, 5.74) is 4.44. The van der Waals surface area contributed by atoms with Gasteiger partial charge < -0.3 is 4.57 Å². The van der Waals surface area contributed by atoms with Gasteiger partial charge in [0.2, 0.25) is 0 Å². The van der Waals surface area contributed by atoms with Crippen LogP contribution in [0.5, 0.6) is 0 Å². The van der Waals surface area contributed by atoms with Crippen molar-refractivity contribution in [2.45, 2.75) is 12.5 Å². The van der Waals surface area contributed by atoms with Crippen LogP contribution in [-0.4, -0.2) is 9.55 Å². The van der Waals surface area contributed by atoms with Crippen molar-refractivity contribution in [3.05, 3.63) is 53.9 Å². The Labute approximate surface area is 99.2 Å². The van der Waals surface area contributed by atoms with Crippen molar-refractivity contribution in [3.63, 3.8) is 0 Å². The second kappa shape index (κ2) is 5.07. The minimum atomic E-state index is -0.237. The summed E-state index contributed by atoms with van der Waals surface area (Å²) in [4.78, 5) is 4.23. The first-order chi connectivity index (χ1) is 8.19. The third-order valence-electron chi connectivity index (χ3n) is 2.61. The van der Waals surface area contributed by atoms with Crippen LogP contribution in [0.1, 0.15) is 17.3 Å². The molecule has 1 aromatic carbocycles. The number of halogens is 1. The lowest BCUT2D eigenvalue weighted by atomic mass is 10.0. The average Bonchev–Trinajstić information content (AvgIpc) is 2.73. The monoisotopic (exact) mass is 234 g/mol. The van der Waals surface area contributed by atoms with Crippen molar-refractivity contribution in [2.75, 3.05) is 0 Å². The van der Waals surface area contributed by atoms with Crippen molar-refractivity contribution < 1.29 is 4.39 Å². The molecule has 0 aliphatic rings. The molecule has 1 aromatic heterocycles. The van der Waals surface area contributed by atoms with Crippen LogP contribution >= 0.6 is 0 Å². The molecule has 5 heteroatoms. The molecule has 1 atom stereocenters. The summed E-state index contributed by atoms with van der Waals surface area (Å²) in [5.74, 6) is 5.27. The highest BCUT2D eigenvalue weighted by atomic mass is 19.1. The number of rotatable bonds is 4. The largest absolute Gasteiger partial charge is 0.340 e. The minimum absolute atomic E-state index is 0.113. The van der Waals surface area contributed by atoms with Crippen molar-refractivity contribution in [3.8, 4) is 0 Å². The van der Waals surface area contributed by atoms with Gasteiger partial charge in [-0.1, -0.05) is 12.1 Å². The third-order valence-corrected chi connectivity index (χ3v) is 2.61. The predicted octanol–water partition coefficient (Wildman–Crippen LogP) is 1.31. The van der Waals surface area contributed by atoms with Crippen LogP contribution in [0.4, 0.5) is 4.39 Å². The van der Waals surface area contributed by atoms with E-state index < -0.39 is 0 Å². The molecule has 3 N–H and O–H groups in total.